The topological polar surface area (TPSA) is 84.7 Å². The van der Waals surface area contributed by atoms with Gasteiger partial charge in [-0.05, 0) is 49.3 Å². The third kappa shape index (κ3) is 5.20. The van der Waals surface area contributed by atoms with Crippen LogP contribution in [0.3, 0.4) is 0 Å². The molecule has 1 aliphatic heterocycles. The smallest absolute Gasteiger partial charge is 0.435 e. The number of aliphatic carboxylic acids is 1. The standard InChI is InChI=1S/C24H28F3N3O4/c1-34-18-7-5-15(6-8-18)13-30-20-14-29(10-9-19(20)22(28-30)24(25,26)27)21(31)12-16-3-2-4-17(11-16)23(32)33/h5-8,16-17H,2-4,9-14H2,1H3,(H,32,33). The van der Waals surface area contributed by atoms with Gasteiger partial charge in [-0.2, -0.15) is 18.3 Å². The summed E-state index contributed by atoms with van der Waals surface area (Å²) in [6, 6.07) is 7.02. The summed E-state index contributed by atoms with van der Waals surface area (Å²) < 4.78 is 47.5. The highest BCUT2D eigenvalue weighted by Crippen LogP contribution is 2.36. The van der Waals surface area contributed by atoms with E-state index in [4.69, 9.17) is 4.74 Å². The zero-order chi connectivity index (χ0) is 24.5. The second-order valence-electron chi connectivity index (χ2n) is 9.11. The molecule has 184 valence electrons. The van der Waals surface area contributed by atoms with E-state index in [1.165, 1.54) is 11.8 Å². The van der Waals surface area contributed by atoms with Crippen molar-refractivity contribution in [2.45, 2.75) is 57.8 Å². The molecule has 34 heavy (non-hydrogen) atoms. The summed E-state index contributed by atoms with van der Waals surface area (Å²) in [5.41, 5.74) is 0.424. The Morgan fingerprint density at radius 2 is 1.94 bits per heavy atom. The first kappa shape index (κ1) is 24.1. The van der Waals surface area contributed by atoms with Crippen molar-refractivity contribution in [2.75, 3.05) is 13.7 Å². The number of halogens is 3. The molecule has 0 bridgehead atoms. The molecule has 1 saturated carbocycles. The molecule has 10 heteroatoms. The van der Waals surface area contributed by atoms with Crippen molar-refractivity contribution in [2.24, 2.45) is 11.8 Å². The minimum Gasteiger partial charge on any atom is -0.497 e. The molecule has 2 aromatic rings. The number of ether oxygens (including phenoxy) is 1. The Kier molecular flexibility index (Phi) is 6.86. The lowest BCUT2D eigenvalue weighted by atomic mass is 9.79. The van der Waals surface area contributed by atoms with Crippen LogP contribution in [-0.4, -0.2) is 45.3 Å². The van der Waals surface area contributed by atoms with Crippen molar-refractivity contribution in [1.29, 1.82) is 0 Å². The Morgan fingerprint density at radius 3 is 2.59 bits per heavy atom. The highest BCUT2D eigenvalue weighted by atomic mass is 19.4. The fraction of sp³-hybridized carbons (Fsp3) is 0.542. The van der Waals surface area contributed by atoms with Gasteiger partial charge in [-0.1, -0.05) is 18.6 Å². The first-order valence-electron chi connectivity index (χ1n) is 11.4. The number of fused-ring (bicyclic) bond motifs is 1. The third-order valence-electron chi connectivity index (χ3n) is 6.85. The van der Waals surface area contributed by atoms with E-state index in [1.54, 1.807) is 29.2 Å². The maximum atomic E-state index is 13.7. The van der Waals surface area contributed by atoms with Gasteiger partial charge in [-0.25, -0.2) is 0 Å². The number of amides is 1. The van der Waals surface area contributed by atoms with Crippen molar-refractivity contribution in [3.8, 4) is 5.75 Å². The second kappa shape index (κ2) is 9.68. The van der Waals surface area contributed by atoms with Gasteiger partial charge in [-0.15, -0.1) is 0 Å². The average molecular weight is 479 g/mol. The summed E-state index contributed by atoms with van der Waals surface area (Å²) in [5, 5.41) is 13.2. The Morgan fingerprint density at radius 1 is 1.21 bits per heavy atom. The molecule has 2 unspecified atom stereocenters. The van der Waals surface area contributed by atoms with E-state index in [0.717, 1.165) is 18.4 Å². The van der Waals surface area contributed by atoms with Crippen LogP contribution in [0.4, 0.5) is 13.2 Å². The number of rotatable bonds is 6. The quantitative estimate of drug-likeness (QED) is 0.674. The van der Waals surface area contributed by atoms with Crippen molar-refractivity contribution >= 4 is 11.9 Å². The Bertz CT molecular complexity index is 1050. The fourth-order valence-electron chi connectivity index (χ4n) is 5.03. The van der Waals surface area contributed by atoms with Crippen LogP contribution in [0.15, 0.2) is 24.3 Å². The summed E-state index contributed by atoms with van der Waals surface area (Å²) >= 11 is 0. The van der Waals surface area contributed by atoms with E-state index in [0.29, 0.717) is 24.3 Å². The molecule has 0 spiro atoms. The van der Waals surface area contributed by atoms with Gasteiger partial charge in [0.1, 0.15) is 5.75 Å². The largest absolute Gasteiger partial charge is 0.497 e. The summed E-state index contributed by atoms with van der Waals surface area (Å²) in [4.78, 5) is 25.9. The monoisotopic (exact) mass is 479 g/mol. The van der Waals surface area contributed by atoms with Gasteiger partial charge in [0.25, 0.3) is 0 Å². The maximum absolute atomic E-state index is 13.7. The number of benzene rings is 1. The molecule has 1 aliphatic carbocycles. The molecular formula is C24H28F3N3O4. The normalized spacial score (nSPS) is 20.6. The molecule has 2 aliphatic rings. The number of carbonyl (C=O) groups excluding carboxylic acids is 1. The molecule has 0 saturated heterocycles. The van der Waals surface area contributed by atoms with Gasteiger partial charge in [0.05, 0.1) is 31.8 Å². The van der Waals surface area contributed by atoms with Crippen LogP contribution >= 0.6 is 0 Å². The van der Waals surface area contributed by atoms with Gasteiger partial charge < -0.3 is 14.7 Å². The first-order valence-corrected chi connectivity index (χ1v) is 11.4. The minimum absolute atomic E-state index is 0.0151. The van der Waals surface area contributed by atoms with Crippen LogP contribution in [0.5, 0.6) is 5.75 Å². The lowest BCUT2D eigenvalue weighted by molar-refractivity contribution is -0.144. The zero-order valence-corrected chi connectivity index (χ0v) is 19.0. The number of hydrogen-bond donors (Lipinski definition) is 1. The number of aromatic nitrogens is 2. The van der Waals surface area contributed by atoms with Crippen LogP contribution < -0.4 is 4.74 Å². The average Bonchev–Trinajstić information content (AvgIpc) is 3.18. The van der Waals surface area contributed by atoms with Crippen LogP contribution in [0, 0.1) is 11.8 Å². The Hall–Kier alpha value is -3.04. The van der Waals surface area contributed by atoms with E-state index < -0.39 is 23.8 Å². The highest BCUT2D eigenvalue weighted by molar-refractivity contribution is 5.77. The summed E-state index contributed by atoms with van der Waals surface area (Å²) in [6.45, 7) is 0.397. The van der Waals surface area contributed by atoms with E-state index in [9.17, 15) is 27.9 Å². The summed E-state index contributed by atoms with van der Waals surface area (Å²) in [6.07, 6.45) is -1.62. The van der Waals surface area contributed by atoms with Gasteiger partial charge >= 0.3 is 12.1 Å². The number of carboxylic acid groups (broad SMARTS) is 1. The molecular weight excluding hydrogens is 451 g/mol. The molecule has 2 heterocycles. The van der Waals surface area contributed by atoms with Crippen LogP contribution in [0.25, 0.3) is 0 Å². The molecule has 7 nitrogen and oxygen atoms in total. The van der Waals surface area contributed by atoms with E-state index in [2.05, 4.69) is 5.10 Å². The van der Waals surface area contributed by atoms with Crippen molar-refractivity contribution in [3.05, 3.63) is 46.8 Å². The van der Waals surface area contributed by atoms with Crippen molar-refractivity contribution in [3.63, 3.8) is 0 Å². The SMILES string of the molecule is COc1ccc(Cn2nc(C(F)(F)F)c3c2CN(C(=O)CC2CCCC(C(=O)O)C2)CC3)cc1. The molecule has 1 aromatic carbocycles. The number of alkyl halides is 3. The predicted molar refractivity (Wildman–Crippen MR) is 116 cm³/mol. The first-order chi connectivity index (χ1) is 16.2. The third-order valence-corrected chi connectivity index (χ3v) is 6.85. The Labute approximate surface area is 195 Å². The molecule has 1 amide bonds. The summed E-state index contributed by atoms with van der Waals surface area (Å²) in [7, 11) is 1.54. The lowest BCUT2D eigenvalue weighted by Crippen LogP contribution is -2.38. The highest BCUT2D eigenvalue weighted by Gasteiger charge is 2.41. The van der Waals surface area contributed by atoms with Crippen molar-refractivity contribution < 1.29 is 32.6 Å². The molecule has 0 radical (unpaired) electrons. The van der Waals surface area contributed by atoms with Crippen LogP contribution in [-0.2, 0) is 35.3 Å². The predicted octanol–water partition coefficient (Wildman–Crippen LogP) is 4.12. The van der Waals surface area contributed by atoms with E-state index in [1.807, 2.05) is 0 Å². The summed E-state index contributed by atoms with van der Waals surface area (Å²) in [5.74, 6) is -0.778. The van der Waals surface area contributed by atoms with Crippen LogP contribution in [0.1, 0.15) is 54.6 Å². The second-order valence-corrected chi connectivity index (χ2v) is 9.11. The number of carboxylic acids is 1. The Balaban J connectivity index is 1.52. The molecule has 1 N–H and O–H groups in total. The maximum Gasteiger partial charge on any atom is 0.435 e. The number of hydrogen-bond acceptors (Lipinski definition) is 4. The number of methoxy groups -OCH3 is 1. The van der Waals surface area contributed by atoms with Gasteiger partial charge in [0.15, 0.2) is 5.69 Å². The fourth-order valence-corrected chi connectivity index (χ4v) is 5.03. The molecule has 4 rings (SSSR count). The molecule has 2 atom stereocenters. The van der Waals surface area contributed by atoms with E-state index in [-0.39, 0.29) is 49.9 Å². The van der Waals surface area contributed by atoms with Gasteiger partial charge in [0, 0.05) is 18.5 Å². The number of carbonyl (C=O) groups is 2. The number of nitrogens with zero attached hydrogens (tertiary/aromatic N) is 3. The molecule has 1 fully saturated rings. The van der Waals surface area contributed by atoms with Gasteiger partial charge in [-0.3, -0.25) is 14.3 Å². The lowest BCUT2D eigenvalue weighted by Gasteiger charge is -2.31. The zero-order valence-electron chi connectivity index (χ0n) is 19.0. The minimum atomic E-state index is -4.57. The van der Waals surface area contributed by atoms with E-state index >= 15 is 0 Å². The van der Waals surface area contributed by atoms with Gasteiger partial charge in [0.2, 0.25) is 5.91 Å². The van der Waals surface area contributed by atoms with Crippen molar-refractivity contribution in [1.82, 2.24) is 14.7 Å². The molecule has 1 aromatic heterocycles. The van der Waals surface area contributed by atoms with Crippen LogP contribution in [0.2, 0.25) is 0 Å².